The molecule has 1 aliphatic carbocycles. The summed E-state index contributed by atoms with van der Waals surface area (Å²) in [5.41, 5.74) is 2.09. The van der Waals surface area contributed by atoms with Gasteiger partial charge in [-0.1, -0.05) is 19.0 Å². The lowest BCUT2D eigenvalue weighted by Gasteiger charge is -2.28. The number of ether oxygens (including phenoxy) is 1. The van der Waals surface area contributed by atoms with Crippen molar-refractivity contribution in [3.63, 3.8) is 0 Å². The first-order valence-corrected chi connectivity index (χ1v) is 8.83. The van der Waals surface area contributed by atoms with Crippen LogP contribution in [-0.2, 0) is 11.2 Å². The Morgan fingerprint density at radius 3 is 2.72 bits per heavy atom. The summed E-state index contributed by atoms with van der Waals surface area (Å²) in [7, 11) is 0. The Morgan fingerprint density at radius 1 is 1.32 bits per heavy atom. The lowest BCUT2D eigenvalue weighted by atomic mass is 9.75. The summed E-state index contributed by atoms with van der Waals surface area (Å²) in [5, 5.41) is 15.7. The van der Waals surface area contributed by atoms with Crippen LogP contribution in [0.25, 0.3) is 0 Å². The molecule has 2 heterocycles. The van der Waals surface area contributed by atoms with Gasteiger partial charge in [0.1, 0.15) is 5.76 Å². The fourth-order valence-corrected chi connectivity index (χ4v) is 3.65. The minimum Gasteiger partial charge on any atom is -0.455 e. The third-order valence-corrected chi connectivity index (χ3v) is 4.94. The molecule has 0 atom stereocenters. The molecular formula is C18H27N3O4. The summed E-state index contributed by atoms with van der Waals surface area (Å²) in [6.45, 7) is 10.7. The van der Waals surface area contributed by atoms with E-state index in [4.69, 9.17) is 9.15 Å². The Balaban J connectivity index is 1.68. The number of amides is 1. The SMILES string of the molecule is Cc1c(C(=O)NCCN2CCOCC2)oc2c1/C(=N/O)CC(C)(C)C2. The molecule has 25 heavy (non-hydrogen) atoms. The molecule has 1 aliphatic heterocycles. The summed E-state index contributed by atoms with van der Waals surface area (Å²) in [4.78, 5) is 14.8. The quantitative estimate of drug-likeness (QED) is 0.639. The first-order chi connectivity index (χ1) is 11.9. The highest BCUT2D eigenvalue weighted by atomic mass is 16.5. The van der Waals surface area contributed by atoms with Crippen LogP contribution in [0.15, 0.2) is 9.57 Å². The number of nitrogens with zero attached hydrogens (tertiary/aromatic N) is 2. The second kappa shape index (κ2) is 7.17. The highest BCUT2D eigenvalue weighted by Gasteiger charge is 2.36. The molecule has 2 aliphatic rings. The highest BCUT2D eigenvalue weighted by molar-refractivity contribution is 6.06. The standard InChI is InChI=1S/C18H27N3O4/c1-12-15-13(20-23)10-18(2,3)11-14(15)25-16(12)17(22)19-4-5-21-6-8-24-9-7-21/h23H,4-11H2,1-3H3,(H,19,22)/b20-13+. The number of hydrogen-bond acceptors (Lipinski definition) is 6. The van der Waals surface area contributed by atoms with E-state index >= 15 is 0 Å². The molecule has 1 fully saturated rings. The maximum atomic E-state index is 12.5. The maximum absolute atomic E-state index is 12.5. The van der Waals surface area contributed by atoms with Crippen LogP contribution in [0.4, 0.5) is 0 Å². The molecule has 7 heteroatoms. The summed E-state index contributed by atoms with van der Waals surface area (Å²) >= 11 is 0. The maximum Gasteiger partial charge on any atom is 0.287 e. The van der Waals surface area contributed by atoms with Gasteiger partial charge in [0.15, 0.2) is 5.76 Å². The second-order valence-electron chi connectivity index (χ2n) is 7.63. The molecule has 0 bridgehead atoms. The van der Waals surface area contributed by atoms with Gasteiger partial charge in [-0.3, -0.25) is 9.69 Å². The van der Waals surface area contributed by atoms with Gasteiger partial charge in [-0.2, -0.15) is 0 Å². The molecule has 2 N–H and O–H groups in total. The zero-order chi connectivity index (χ0) is 18.0. The number of morpholine rings is 1. The van der Waals surface area contributed by atoms with E-state index in [0.717, 1.165) is 56.2 Å². The third-order valence-electron chi connectivity index (χ3n) is 4.94. The van der Waals surface area contributed by atoms with Gasteiger partial charge in [0.05, 0.1) is 18.9 Å². The number of carbonyl (C=O) groups excluding carboxylic acids is 1. The predicted octanol–water partition coefficient (Wildman–Crippen LogP) is 1.80. The van der Waals surface area contributed by atoms with Crippen LogP contribution in [0.1, 0.15) is 47.7 Å². The molecule has 0 saturated carbocycles. The van der Waals surface area contributed by atoms with Gasteiger partial charge in [-0.05, 0) is 18.8 Å². The van der Waals surface area contributed by atoms with Crippen molar-refractivity contribution >= 4 is 11.6 Å². The Bertz CT molecular complexity index is 672. The van der Waals surface area contributed by atoms with Crippen molar-refractivity contribution in [3.05, 3.63) is 22.6 Å². The number of fused-ring (bicyclic) bond motifs is 1. The van der Waals surface area contributed by atoms with Crippen LogP contribution >= 0.6 is 0 Å². The molecule has 0 radical (unpaired) electrons. The molecule has 0 unspecified atom stereocenters. The molecule has 138 valence electrons. The van der Waals surface area contributed by atoms with Crippen molar-refractivity contribution in [2.75, 3.05) is 39.4 Å². The average molecular weight is 349 g/mol. The Labute approximate surface area is 148 Å². The van der Waals surface area contributed by atoms with E-state index in [1.165, 1.54) is 0 Å². The van der Waals surface area contributed by atoms with E-state index in [1.807, 2.05) is 6.92 Å². The van der Waals surface area contributed by atoms with Gasteiger partial charge in [-0.15, -0.1) is 0 Å². The number of carbonyl (C=O) groups is 1. The zero-order valence-electron chi connectivity index (χ0n) is 15.2. The molecule has 0 aromatic carbocycles. The van der Waals surface area contributed by atoms with Crippen LogP contribution in [0, 0.1) is 12.3 Å². The topological polar surface area (TPSA) is 87.3 Å². The van der Waals surface area contributed by atoms with Crippen LogP contribution in [0.5, 0.6) is 0 Å². The van der Waals surface area contributed by atoms with Gasteiger partial charge in [-0.25, -0.2) is 0 Å². The lowest BCUT2D eigenvalue weighted by molar-refractivity contribution is 0.0382. The van der Waals surface area contributed by atoms with Crippen molar-refractivity contribution < 1.29 is 19.2 Å². The molecule has 7 nitrogen and oxygen atoms in total. The van der Waals surface area contributed by atoms with Gasteiger partial charge in [0.25, 0.3) is 5.91 Å². The molecule has 1 aromatic rings. The first kappa shape index (κ1) is 17.9. The third kappa shape index (κ3) is 3.88. The van der Waals surface area contributed by atoms with Crippen molar-refractivity contribution in [1.82, 2.24) is 10.2 Å². The number of hydrogen-bond donors (Lipinski definition) is 2. The van der Waals surface area contributed by atoms with Gasteiger partial charge in [0.2, 0.25) is 0 Å². The largest absolute Gasteiger partial charge is 0.455 e. The fraction of sp³-hybridized carbons (Fsp3) is 0.667. The van der Waals surface area contributed by atoms with Crippen molar-refractivity contribution in [3.8, 4) is 0 Å². The van der Waals surface area contributed by atoms with Crippen molar-refractivity contribution in [2.24, 2.45) is 10.6 Å². The minimum atomic E-state index is -0.213. The molecule has 3 rings (SSSR count). The number of oxime groups is 1. The van der Waals surface area contributed by atoms with E-state index < -0.39 is 0 Å². The van der Waals surface area contributed by atoms with Crippen molar-refractivity contribution in [2.45, 2.75) is 33.6 Å². The summed E-state index contributed by atoms with van der Waals surface area (Å²) in [6.07, 6.45) is 1.39. The summed E-state index contributed by atoms with van der Waals surface area (Å²) in [5.74, 6) is 0.848. The van der Waals surface area contributed by atoms with Gasteiger partial charge in [0, 0.05) is 43.7 Å². The van der Waals surface area contributed by atoms with Crippen LogP contribution in [-0.4, -0.2) is 61.1 Å². The zero-order valence-corrected chi connectivity index (χ0v) is 15.2. The second-order valence-corrected chi connectivity index (χ2v) is 7.63. The van der Waals surface area contributed by atoms with Gasteiger partial charge < -0.3 is 19.7 Å². The van der Waals surface area contributed by atoms with Crippen LogP contribution in [0.2, 0.25) is 0 Å². The number of furan rings is 1. The Morgan fingerprint density at radius 2 is 2.04 bits per heavy atom. The van der Waals surface area contributed by atoms with Crippen LogP contribution in [0.3, 0.4) is 0 Å². The fourth-order valence-electron chi connectivity index (χ4n) is 3.65. The monoisotopic (exact) mass is 349 g/mol. The normalized spacial score (nSPS) is 22.0. The molecule has 1 amide bonds. The highest BCUT2D eigenvalue weighted by Crippen LogP contribution is 2.38. The van der Waals surface area contributed by atoms with E-state index in [9.17, 15) is 10.0 Å². The molecule has 1 aromatic heterocycles. The minimum absolute atomic E-state index is 0.0526. The van der Waals surface area contributed by atoms with Crippen LogP contribution < -0.4 is 5.32 Å². The smallest absolute Gasteiger partial charge is 0.287 e. The molecule has 0 spiro atoms. The van der Waals surface area contributed by atoms with E-state index in [0.29, 0.717) is 24.4 Å². The lowest BCUT2D eigenvalue weighted by Crippen LogP contribution is -2.41. The number of rotatable bonds is 4. The summed E-state index contributed by atoms with van der Waals surface area (Å²) < 4.78 is 11.2. The molecular weight excluding hydrogens is 322 g/mol. The van der Waals surface area contributed by atoms with E-state index in [2.05, 4.69) is 29.2 Å². The first-order valence-electron chi connectivity index (χ1n) is 8.83. The Hall–Kier alpha value is -1.86. The average Bonchev–Trinajstić information content (AvgIpc) is 2.90. The molecule has 1 saturated heterocycles. The van der Waals surface area contributed by atoms with Gasteiger partial charge >= 0.3 is 0 Å². The summed E-state index contributed by atoms with van der Waals surface area (Å²) in [6, 6.07) is 0. The van der Waals surface area contributed by atoms with Crippen molar-refractivity contribution in [1.29, 1.82) is 0 Å². The van der Waals surface area contributed by atoms with E-state index in [1.54, 1.807) is 0 Å². The Kier molecular flexibility index (Phi) is 5.15. The van der Waals surface area contributed by atoms with E-state index in [-0.39, 0.29) is 11.3 Å². The number of nitrogens with one attached hydrogen (secondary N) is 1. The predicted molar refractivity (Wildman–Crippen MR) is 93.5 cm³/mol.